The summed E-state index contributed by atoms with van der Waals surface area (Å²) in [5.74, 6) is 0.874. The molecule has 0 spiro atoms. The Balaban J connectivity index is 1.73. The molecule has 0 fully saturated rings. The summed E-state index contributed by atoms with van der Waals surface area (Å²) in [7, 11) is 1.84. The topological polar surface area (TPSA) is 51.0 Å². The molecule has 0 radical (unpaired) electrons. The second-order valence-electron chi connectivity index (χ2n) is 6.64. The van der Waals surface area contributed by atoms with E-state index in [1.54, 1.807) is 4.90 Å². The predicted molar refractivity (Wildman–Crippen MR) is 109 cm³/mol. The number of aryl methyl sites for hydroxylation is 2. The van der Waals surface area contributed by atoms with Gasteiger partial charge in [0.05, 0.1) is 5.25 Å². The molecule has 0 saturated heterocycles. The fraction of sp³-hybridized carbons (Fsp3) is 0.286. The van der Waals surface area contributed by atoms with E-state index in [4.69, 9.17) is 0 Å². The molecule has 0 aliphatic rings. The summed E-state index contributed by atoms with van der Waals surface area (Å²) in [6.07, 6.45) is 0. The standard InChI is InChI=1S/C21H24N4OS/c1-15-10-12-19(13-11-15)25-17(3)22-23-21(25)27-16(2)20(26)24(4)14-18-8-6-5-7-9-18/h5-13,16H,14H2,1-4H3. The van der Waals surface area contributed by atoms with Crippen LogP contribution >= 0.6 is 11.8 Å². The summed E-state index contributed by atoms with van der Waals surface area (Å²) in [6.45, 7) is 6.49. The number of rotatable bonds is 6. The normalized spacial score (nSPS) is 12.0. The highest BCUT2D eigenvalue weighted by Gasteiger charge is 2.22. The summed E-state index contributed by atoms with van der Waals surface area (Å²) in [6, 6.07) is 18.2. The minimum absolute atomic E-state index is 0.0694. The van der Waals surface area contributed by atoms with Crippen LogP contribution in [0.3, 0.4) is 0 Å². The van der Waals surface area contributed by atoms with Crippen LogP contribution in [0.15, 0.2) is 59.8 Å². The van der Waals surface area contributed by atoms with Crippen molar-refractivity contribution in [2.45, 2.75) is 37.7 Å². The lowest BCUT2D eigenvalue weighted by molar-refractivity contribution is -0.129. The van der Waals surface area contributed by atoms with Crippen LogP contribution in [0.4, 0.5) is 0 Å². The number of amides is 1. The highest BCUT2D eigenvalue weighted by Crippen LogP contribution is 2.26. The van der Waals surface area contributed by atoms with Crippen LogP contribution in [0.1, 0.15) is 23.9 Å². The molecule has 3 aromatic rings. The van der Waals surface area contributed by atoms with Crippen LogP contribution in [0.2, 0.25) is 0 Å². The van der Waals surface area contributed by atoms with Gasteiger partial charge in [-0.15, -0.1) is 10.2 Å². The summed E-state index contributed by atoms with van der Waals surface area (Å²) < 4.78 is 1.99. The van der Waals surface area contributed by atoms with E-state index < -0.39 is 0 Å². The second kappa shape index (κ2) is 8.39. The van der Waals surface area contributed by atoms with Crippen molar-refractivity contribution in [1.29, 1.82) is 0 Å². The van der Waals surface area contributed by atoms with Gasteiger partial charge in [0.25, 0.3) is 0 Å². The number of nitrogens with zero attached hydrogens (tertiary/aromatic N) is 4. The fourth-order valence-electron chi connectivity index (χ4n) is 2.86. The SMILES string of the molecule is Cc1ccc(-n2c(C)nnc2SC(C)C(=O)N(C)Cc2ccccc2)cc1. The first-order valence-electron chi connectivity index (χ1n) is 8.90. The molecule has 0 bridgehead atoms. The van der Waals surface area contributed by atoms with Crippen molar-refractivity contribution in [3.8, 4) is 5.69 Å². The fourth-order valence-corrected chi connectivity index (χ4v) is 3.89. The Kier molecular flexibility index (Phi) is 5.96. The quantitative estimate of drug-likeness (QED) is 0.606. The van der Waals surface area contributed by atoms with Crippen molar-refractivity contribution in [3.63, 3.8) is 0 Å². The average molecular weight is 381 g/mol. The molecule has 6 heteroatoms. The molecule has 0 N–H and O–H groups in total. The predicted octanol–water partition coefficient (Wildman–Crippen LogP) is 4.02. The Morgan fingerprint density at radius 2 is 1.74 bits per heavy atom. The van der Waals surface area contributed by atoms with Gasteiger partial charge >= 0.3 is 0 Å². The minimum Gasteiger partial charge on any atom is -0.340 e. The molecule has 0 aliphatic heterocycles. The van der Waals surface area contributed by atoms with Gasteiger partial charge in [0.1, 0.15) is 5.82 Å². The van der Waals surface area contributed by atoms with Gasteiger partial charge in [0, 0.05) is 19.3 Å². The molecule has 1 amide bonds. The monoisotopic (exact) mass is 380 g/mol. The van der Waals surface area contributed by atoms with Gasteiger partial charge in [-0.3, -0.25) is 9.36 Å². The third-order valence-corrected chi connectivity index (χ3v) is 5.39. The van der Waals surface area contributed by atoms with Crippen LogP contribution in [0.5, 0.6) is 0 Å². The Labute approximate surface area is 164 Å². The zero-order valence-corrected chi connectivity index (χ0v) is 16.9. The third kappa shape index (κ3) is 4.57. The highest BCUT2D eigenvalue weighted by molar-refractivity contribution is 8.00. The minimum atomic E-state index is -0.258. The maximum Gasteiger partial charge on any atom is 0.235 e. The largest absolute Gasteiger partial charge is 0.340 e. The number of carbonyl (C=O) groups excluding carboxylic acids is 1. The molecule has 0 aliphatic carbocycles. The molecular formula is C21H24N4OS. The molecule has 1 aromatic heterocycles. The van der Waals surface area contributed by atoms with Gasteiger partial charge in [0.2, 0.25) is 5.91 Å². The first kappa shape index (κ1) is 19.2. The molecule has 3 rings (SSSR count). The average Bonchev–Trinajstić information content (AvgIpc) is 3.02. The van der Waals surface area contributed by atoms with Crippen molar-refractivity contribution in [2.24, 2.45) is 0 Å². The Hall–Kier alpha value is -2.60. The van der Waals surface area contributed by atoms with Crippen molar-refractivity contribution in [2.75, 3.05) is 7.05 Å². The molecular weight excluding hydrogens is 356 g/mol. The highest BCUT2D eigenvalue weighted by atomic mass is 32.2. The molecule has 1 heterocycles. The Morgan fingerprint density at radius 3 is 2.41 bits per heavy atom. The molecule has 27 heavy (non-hydrogen) atoms. The third-order valence-electron chi connectivity index (χ3n) is 4.36. The maximum absolute atomic E-state index is 12.8. The van der Waals surface area contributed by atoms with Crippen molar-refractivity contribution < 1.29 is 4.79 Å². The van der Waals surface area contributed by atoms with Crippen LogP contribution in [0.25, 0.3) is 5.69 Å². The van der Waals surface area contributed by atoms with Gasteiger partial charge in [-0.1, -0.05) is 59.8 Å². The van der Waals surface area contributed by atoms with Crippen LogP contribution < -0.4 is 0 Å². The van der Waals surface area contributed by atoms with Crippen LogP contribution in [-0.4, -0.2) is 37.9 Å². The smallest absolute Gasteiger partial charge is 0.235 e. The molecule has 1 unspecified atom stereocenters. The lowest BCUT2D eigenvalue weighted by atomic mass is 10.2. The summed E-state index contributed by atoms with van der Waals surface area (Å²) in [5, 5.41) is 8.96. The van der Waals surface area contributed by atoms with Crippen molar-refractivity contribution in [1.82, 2.24) is 19.7 Å². The van der Waals surface area contributed by atoms with Gasteiger partial charge in [-0.2, -0.15) is 0 Å². The molecule has 2 aromatic carbocycles. The number of thioether (sulfide) groups is 1. The van der Waals surface area contributed by atoms with Gasteiger partial charge in [0.15, 0.2) is 5.16 Å². The van der Waals surface area contributed by atoms with Crippen LogP contribution in [-0.2, 0) is 11.3 Å². The Bertz CT molecular complexity index is 906. The van der Waals surface area contributed by atoms with Crippen molar-refractivity contribution >= 4 is 17.7 Å². The zero-order valence-electron chi connectivity index (χ0n) is 16.1. The van der Waals surface area contributed by atoms with Gasteiger partial charge in [-0.05, 0) is 38.5 Å². The van der Waals surface area contributed by atoms with E-state index in [9.17, 15) is 4.79 Å². The van der Waals surface area contributed by atoms with E-state index in [0.29, 0.717) is 6.54 Å². The Morgan fingerprint density at radius 1 is 1.07 bits per heavy atom. The van der Waals surface area contributed by atoms with Gasteiger partial charge < -0.3 is 4.90 Å². The number of benzene rings is 2. The van der Waals surface area contributed by atoms with E-state index in [1.165, 1.54) is 17.3 Å². The van der Waals surface area contributed by atoms with E-state index in [1.807, 2.05) is 67.9 Å². The van der Waals surface area contributed by atoms with Gasteiger partial charge in [-0.25, -0.2) is 0 Å². The molecule has 5 nitrogen and oxygen atoms in total. The molecule has 0 saturated carbocycles. The second-order valence-corrected chi connectivity index (χ2v) is 7.95. The molecule has 1 atom stereocenters. The number of carbonyl (C=O) groups is 1. The van der Waals surface area contributed by atoms with Crippen molar-refractivity contribution in [3.05, 3.63) is 71.5 Å². The summed E-state index contributed by atoms with van der Waals surface area (Å²) in [5.41, 5.74) is 3.32. The van der Waals surface area contributed by atoms with E-state index in [2.05, 4.69) is 29.3 Å². The number of hydrogen-bond acceptors (Lipinski definition) is 4. The lowest BCUT2D eigenvalue weighted by Gasteiger charge is -2.21. The lowest BCUT2D eigenvalue weighted by Crippen LogP contribution is -2.32. The first-order chi connectivity index (χ1) is 13.0. The van der Waals surface area contributed by atoms with E-state index in [-0.39, 0.29) is 11.2 Å². The molecule has 140 valence electrons. The summed E-state index contributed by atoms with van der Waals surface area (Å²) in [4.78, 5) is 14.6. The first-order valence-corrected chi connectivity index (χ1v) is 9.78. The zero-order chi connectivity index (χ0) is 19.4. The van der Waals surface area contributed by atoms with E-state index >= 15 is 0 Å². The number of hydrogen-bond donors (Lipinski definition) is 0. The number of aromatic nitrogens is 3. The van der Waals surface area contributed by atoms with E-state index in [0.717, 1.165) is 22.2 Å². The maximum atomic E-state index is 12.8. The summed E-state index contributed by atoms with van der Waals surface area (Å²) >= 11 is 1.44. The van der Waals surface area contributed by atoms with Crippen LogP contribution in [0, 0.1) is 13.8 Å².